The molecule has 0 saturated carbocycles. The fourth-order valence-electron chi connectivity index (χ4n) is 3.73. The molecule has 0 atom stereocenters. The molecule has 2 aliphatic rings. The van der Waals surface area contributed by atoms with E-state index in [0.717, 1.165) is 35.5 Å². The maximum atomic E-state index is 13.3. The number of ether oxygens (including phenoxy) is 1. The Morgan fingerprint density at radius 1 is 0.833 bits per heavy atom. The average Bonchev–Trinajstić information content (AvgIpc) is 2.99. The Hall–Kier alpha value is -2.96. The van der Waals surface area contributed by atoms with E-state index in [9.17, 15) is 9.59 Å². The van der Waals surface area contributed by atoms with Crippen molar-refractivity contribution < 1.29 is 14.3 Å². The third-order valence-electron chi connectivity index (χ3n) is 5.57. The number of carbonyl (C=O) groups excluding carboxylic acids is 2. The summed E-state index contributed by atoms with van der Waals surface area (Å²) in [4.78, 5) is 30.1. The van der Waals surface area contributed by atoms with Gasteiger partial charge in [-0.1, -0.05) is 47.5 Å². The van der Waals surface area contributed by atoms with E-state index in [2.05, 4.69) is 10.2 Å². The Morgan fingerprint density at radius 2 is 1.43 bits per heavy atom. The van der Waals surface area contributed by atoms with Crippen LogP contribution in [-0.4, -0.2) is 61.0 Å². The minimum absolute atomic E-state index is 0.244. The zero-order chi connectivity index (χ0) is 21.1. The van der Waals surface area contributed by atoms with Crippen molar-refractivity contribution in [3.8, 4) is 0 Å². The highest BCUT2D eigenvalue weighted by molar-refractivity contribution is 6.36. The van der Waals surface area contributed by atoms with Crippen molar-refractivity contribution in [1.29, 1.82) is 0 Å². The van der Waals surface area contributed by atoms with Crippen LogP contribution < -0.4 is 5.32 Å². The van der Waals surface area contributed by atoms with Crippen LogP contribution in [0.2, 0.25) is 0 Å². The van der Waals surface area contributed by atoms with E-state index >= 15 is 0 Å². The molecular formula is C24H27N3O3. The number of hydrogen-bond acceptors (Lipinski definition) is 5. The van der Waals surface area contributed by atoms with Gasteiger partial charge in [0.2, 0.25) is 0 Å². The van der Waals surface area contributed by atoms with Gasteiger partial charge in [0.1, 0.15) is 5.70 Å². The van der Waals surface area contributed by atoms with Crippen LogP contribution in [-0.2, 0) is 14.3 Å². The van der Waals surface area contributed by atoms with Crippen molar-refractivity contribution in [1.82, 2.24) is 9.80 Å². The molecule has 2 aromatic rings. The smallest absolute Gasteiger partial charge is 0.278 e. The van der Waals surface area contributed by atoms with Crippen LogP contribution in [0.4, 0.5) is 5.69 Å². The van der Waals surface area contributed by atoms with E-state index in [1.165, 1.54) is 4.90 Å². The predicted molar refractivity (Wildman–Crippen MR) is 117 cm³/mol. The number of hydrogen-bond donors (Lipinski definition) is 1. The third kappa shape index (κ3) is 4.30. The molecule has 2 aromatic carbocycles. The van der Waals surface area contributed by atoms with Gasteiger partial charge in [-0.2, -0.15) is 0 Å². The van der Waals surface area contributed by atoms with E-state index in [0.29, 0.717) is 37.6 Å². The molecule has 0 radical (unpaired) electrons. The summed E-state index contributed by atoms with van der Waals surface area (Å²) in [7, 11) is 0. The van der Waals surface area contributed by atoms with Crippen LogP contribution in [0.1, 0.15) is 16.7 Å². The summed E-state index contributed by atoms with van der Waals surface area (Å²) in [5.74, 6) is -0.517. The van der Waals surface area contributed by atoms with Gasteiger partial charge in [-0.15, -0.1) is 0 Å². The fraction of sp³-hybridized carbons (Fsp3) is 0.333. The molecule has 0 aromatic heterocycles. The van der Waals surface area contributed by atoms with Gasteiger partial charge in [0, 0.05) is 31.9 Å². The molecule has 1 saturated heterocycles. The summed E-state index contributed by atoms with van der Waals surface area (Å²) in [5, 5.41) is 3.21. The molecule has 2 heterocycles. The molecule has 4 rings (SSSR count). The maximum Gasteiger partial charge on any atom is 0.278 e. The first-order chi connectivity index (χ1) is 14.5. The average molecular weight is 405 g/mol. The van der Waals surface area contributed by atoms with Crippen molar-refractivity contribution in [2.24, 2.45) is 0 Å². The van der Waals surface area contributed by atoms with Crippen LogP contribution in [0, 0.1) is 13.8 Å². The Kier molecular flexibility index (Phi) is 5.97. The standard InChI is InChI=1S/C24H27N3O3/c1-17-3-7-19(8-4-17)21-22(25-20-9-5-18(2)6-10-20)24(29)27(23(21)28)12-11-26-13-15-30-16-14-26/h3-10,25H,11-16H2,1-2H3. The Labute approximate surface area is 177 Å². The van der Waals surface area contributed by atoms with Crippen LogP contribution in [0.5, 0.6) is 0 Å². The zero-order valence-electron chi connectivity index (χ0n) is 17.5. The maximum absolute atomic E-state index is 13.3. The topological polar surface area (TPSA) is 61.9 Å². The first-order valence-electron chi connectivity index (χ1n) is 10.3. The molecule has 0 bridgehead atoms. The number of aryl methyl sites for hydroxylation is 2. The second kappa shape index (κ2) is 8.81. The SMILES string of the molecule is Cc1ccc(NC2=C(c3ccc(C)cc3)C(=O)N(CCN3CCOCC3)C2=O)cc1. The minimum Gasteiger partial charge on any atom is -0.379 e. The molecule has 6 heteroatoms. The quantitative estimate of drug-likeness (QED) is 0.749. The van der Waals surface area contributed by atoms with Crippen molar-refractivity contribution in [2.75, 3.05) is 44.7 Å². The molecule has 1 N–H and O–H groups in total. The zero-order valence-corrected chi connectivity index (χ0v) is 17.5. The first kappa shape index (κ1) is 20.3. The number of nitrogens with zero attached hydrogens (tertiary/aromatic N) is 2. The van der Waals surface area contributed by atoms with Crippen molar-refractivity contribution in [2.45, 2.75) is 13.8 Å². The summed E-state index contributed by atoms with van der Waals surface area (Å²) in [6.45, 7) is 8.06. The minimum atomic E-state index is -0.274. The highest BCUT2D eigenvalue weighted by atomic mass is 16.5. The van der Waals surface area contributed by atoms with Gasteiger partial charge < -0.3 is 10.1 Å². The number of nitrogens with one attached hydrogen (secondary N) is 1. The Balaban J connectivity index is 1.61. The lowest BCUT2D eigenvalue weighted by Crippen LogP contribution is -2.43. The summed E-state index contributed by atoms with van der Waals surface area (Å²) in [5.41, 5.74) is 4.55. The number of carbonyl (C=O) groups is 2. The largest absolute Gasteiger partial charge is 0.379 e. The highest BCUT2D eigenvalue weighted by Crippen LogP contribution is 2.30. The molecule has 0 unspecified atom stereocenters. The normalized spacial score (nSPS) is 17.7. The molecule has 156 valence electrons. The summed E-state index contributed by atoms with van der Waals surface area (Å²) in [6.07, 6.45) is 0. The van der Waals surface area contributed by atoms with Crippen LogP contribution >= 0.6 is 0 Å². The highest BCUT2D eigenvalue weighted by Gasteiger charge is 2.39. The van der Waals surface area contributed by atoms with Crippen molar-refractivity contribution in [3.63, 3.8) is 0 Å². The second-order valence-corrected chi connectivity index (χ2v) is 7.82. The number of imide groups is 1. The number of amides is 2. The van der Waals surface area contributed by atoms with Crippen LogP contribution in [0.25, 0.3) is 5.57 Å². The summed E-state index contributed by atoms with van der Waals surface area (Å²) in [6, 6.07) is 15.5. The van der Waals surface area contributed by atoms with E-state index < -0.39 is 0 Å². The van der Waals surface area contributed by atoms with E-state index in [4.69, 9.17) is 4.74 Å². The fourth-order valence-corrected chi connectivity index (χ4v) is 3.73. The Bertz CT molecular complexity index is 958. The van der Waals surface area contributed by atoms with E-state index in [1.807, 2.05) is 62.4 Å². The summed E-state index contributed by atoms with van der Waals surface area (Å²) >= 11 is 0. The van der Waals surface area contributed by atoms with Crippen molar-refractivity contribution in [3.05, 3.63) is 70.9 Å². The lowest BCUT2D eigenvalue weighted by molar-refractivity contribution is -0.137. The van der Waals surface area contributed by atoms with Gasteiger partial charge in [-0.25, -0.2) is 0 Å². The molecule has 30 heavy (non-hydrogen) atoms. The molecular weight excluding hydrogens is 378 g/mol. The second-order valence-electron chi connectivity index (χ2n) is 7.82. The lowest BCUT2D eigenvalue weighted by atomic mass is 10.0. The van der Waals surface area contributed by atoms with Gasteiger partial charge >= 0.3 is 0 Å². The molecule has 6 nitrogen and oxygen atoms in total. The van der Waals surface area contributed by atoms with Crippen LogP contribution in [0.15, 0.2) is 54.2 Å². The van der Waals surface area contributed by atoms with Gasteiger partial charge in [-0.3, -0.25) is 19.4 Å². The number of rotatable bonds is 6. The molecule has 2 amide bonds. The first-order valence-corrected chi connectivity index (χ1v) is 10.3. The van der Waals surface area contributed by atoms with Crippen molar-refractivity contribution >= 4 is 23.1 Å². The predicted octanol–water partition coefficient (Wildman–Crippen LogP) is 2.83. The van der Waals surface area contributed by atoms with Gasteiger partial charge in [-0.05, 0) is 31.5 Å². The van der Waals surface area contributed by atoms with E-state index in [1.54, 1.807) is 0 Å². The molecule has 2 aliphatic heterocycles. The van der Waals surface area contributed by atoms with E-state index in [-0.39, 0.29) is 11.8 Å². The van der Waals surface area contributed by atoms with Crippen LogP contribution in [0.3, 0.4) is 0 Å². The van der Waals surface area contributed by atoms with Gasteiger partial charge in [0.05, 0.1) is 18.8 Å². The third-order valence-corrected chi connectivity index (χ3v) is 5.57. The molecule has 1 fully saturated rings. The molecule has 0 spiro atoms. The van der Waals surface area contributed by atoms with Gasteiger partial charge in [0.15, 0.2) is 0 Å². The monoisotopic (exact) mass is 405 g/mol. The Morgan fingerprint density at radius 3 is 2.07 bits per heavy atom. The molecule has 0 aliphatic carbocycles. The lowest BCUT2D eigenvalue weighted by Gasteiger charge is -2.28. The number of benzene rings is 2. The summed E-state index contributed by atoms with van der Waals surface area (Å²) < 4.78 is 5.38. The number of anilines is 1. The number of morpholine rings is 1. The van der Waals surface area contributed by atoms with Gasteiger partial charge in [0.25, 0.3) is 11.8 Å².